The lowest BCUT2D eigenvalue weighted by molar-refractivity contribution is -0.119. The molecule has 8 heteroatoms. The average molecular weight is 453 g/mol. The van der Waals surface area contributed by atoms with Crippen LogP contribution in [0.1, 0.15) is 15.9 Å². The van der Waals surface area contributed by atoms with Crippen molar-refractivity contribution < 1.29 is 23.8 Å². The Balaban J connectivity index is 1.60. The quantitative estimate of drug-likeness (QED) is 0.221. The number of nitrogens with one attached hydrogen (secondary N) is 1. The van der Waals surface area contributed by atoms with Crippen LogP contribution < -0.4 is 11.1 Å². The fourth-order valence-electron chi connectivity index (χ4n) is 3.39. The Hall–Kier alpha value is -5.03. The first-order chi connectivity index (χ1) is 16.5. The van der Waals surface area contributed by atoms with Crippen LogP contribution in [0.15, 0.2) is 83.3 Å². The molecule has 8 nitrogen and oxygen atoms in total. The number of aromatic hydroxyl groups is 1. The van der Waals surface area contributed by atoms with Crippen LogP contribution in [0, 0.1) is 11.3 Å². The number of esters is 1. The standard InChI is InChI=1S/C26H19N3O5/c27-14-20-23(16-7-3-1-4-8-16)24(17-9-5-2-6-10-17)34-25(20)29-22(31)15-33-26(32)19-13-18(30)11-12-21(19)28/h1-13,30H,15,28H2,(H,29,31). The fourth-order valence-corrected chi connectivity index (χ4v) is 3.39. The summed E-state index contributed by atoms with van der Waals surface area (Å²) in [5.41, 5.74) is 7.90. The molecule has 0 unspecified atom stereocenters. The average Bonchev–Trinajstić information content (AvgIpc) is 3.23. The van der Waals surface area contributed by atoms with E-state index in [1.165, 1.54) is 12.1 Å². The van der Waals surface area contributed by atoms with Crippen LogP contribution in [0.25, 0.3) is 22.5 Å². The molecule has 0 radical (unpaired) electrons. The number of nitrogens with zero attached hydrogens (tertiary/aromatic N) is 1. The van der Waals surface area contributed by atoms with Crippen LogP contribution in [-0.4, -0.2) is 23.6 Å². The van der Waals surface area contributed by atoms with E-state index in [9.17, 15) is 20.0 Å². The monoisotopic (exact) mass is 453 g/mol. The summed E-state index contributed by atoms with van der Waals surface area (Å²) < 4.78 is 10.9. The lowest BCUT2D eigenvalue weighted by Gasteiger charge is -2.07. The molecule has 3 aromatic carbocycles. The lowest BCUT2D eigenvalue weighted by atomic mass is 9.98. The van der Waals surface area contributed by atoms with Gasteiger partial charge in [-0.3, -0.25) is 10.1 Å². The minimum absolute atomic E-state index is 0.0573. The molecule has 0 saturated carbocycles. The number of hydrogen-bond acceptors (Lipinski definition) is 7. The molecule has 0 aliphatic heterocycles. The molecule has 0 spiro atoms. The highest BCUT2D eigenvalue weighted by atomic mass is 16.5. The molecule has 0 fully saturated rings. The summed E-state index contributed by atoms with van der Waals surface area (Å²) >= 11 is 0. The molecular formula is C26H19N3O5. The molecule has 168 valence electrons. The number of benzene rings is 3. The number of rotatable bonds is 6. The van der Waals surface area contributed by atoms with Crippen molar-refractivity contribution in [2.24, 2.45) is 0 Å². The summed E-state index contributed by atoms with van der Waals surface area (Å²) in [5.74, 6) is -1.39. The molecule has 4 aromatic rings. The molecule has 1 heterocycles. The molecule has 0 atom stereocenters. The largest absolute Gasteiger partial charge is 0.508 e. The van der Waals surface area contributed by atoms with Gasteiger partial charge < -0.3 is 20.0 Å². The Morgan fingerprint density at radius 1 is 1.00 bits per heavy atom. The maximum absolute atomic E-state index is 12.5. The van der Waals surface area contributed by atoms with Gasteiger partial charge in [0.05, 0.1) is 5.56 Å². The number of carbonyl (C=O) groups excluding carboxylic acids is 2. The van der Waals surface area contributed by atoms with Crippen LogP contribution in [0.4, 0.5) is 11.6 Å². The molecule has 34 heavy (non-hydrogen) atoms. The van der Waals surface area contributed by atoms with Gasteiger partial charge in [-0.15, -0.1) is 0 Å². The molecule has 1 aromatic heterocycles. The van der Waals surface area contributed by atoms with E-state index in [-0.39, 0.29) is 28.4 Å². The molecule has 4 rings (SSSR count). The van der Waals surface area contributed by atoms with Gasteiger partial charge in [0.25, 0.3) is 5.91 Å². The minimum Gasteiger partial charge on any atom is -0.508 e. The van der Waals surface area contributed by atoms with Crippen molar-refractivity contribution >= 4 is 23.4 Å². The summed E-state index contributed by atoms with van der Waals surface area (Å²) in [6.45, 7) is -0.652. The van der Waals surface area contributed by atoms with Gasteiger partial charge >= 0.3 is 5.97 Å². The summed E-state index contributed by atoms with van der Waals surface area (Å²) in [6, 6.07) is 24.3. The number of nitrogens with two attached hydrogens (primary N) is 1. The number of furan rings is 1. The molecule has 0 aliphatic rings. The highest BCUT2D eigenvalue weighted by molar-refractivity contribution is 5.99. The van der Waals surface area contributed by atoms with Gasteiger partial charge in [0.15, 0.2) is 6.61 Å². The SMILES string of the molecule is N#Cc1c(NC(=O)COC(=O)c2cc(O)ccc2N)oc(-c2ccccc2)c1-c1ccccc1. The maximum Gasteiger partial charge on any atom is 0.340 e. The highest BCUT2D eigenvalue weighted by Crippen LogP contribution is 2.41. The molecule has 0 saturated heterocycles. The second-order valence-corrected chi connectivity index (χ2v) is 7.25. The van der Waals surface area contributed by atoms with Crippen LogP contribution in [0.5, 0.6) is 5.75 Å². The Morgan fingerprint density at radius 3 is 2.29 bits per heavy atom. The zero-order chi connectivity index (χ0) is 24.1. The van der Waals surface area contributed by atoms with Gasteiger partial charge in [0.2, 0.25) is 5.88 Å². The van der Waals surface area contributed by atoms with Crippen molar-refractivity contribution in [2.45, 2.75) is 0 Å². The van der Waals surface area contributed by atoms with Crippen molar-refractivity contribution in [3.63, 3.8) is 0 Å². The first-order valence-electron chi connectivity index (χ1n) is 10.2. The number of phenols is 1. The third-order valence-corrected chi connectivity index (χ3v) is 4.96. The van der Waals surface area contributed by atoms with Gasteiger partial charge in [0, 0.05) is 16.8 Å². The molecule has 0 bridgehead atoms. The zero-order valence-corrected chi connectivity index (χ0v) is 17.8. The smallest absolute Gasteiger partial charge is 0.340 e. The van der Waals surface area contributed by atoms with Crippen LogP contribution in [0.2, 0.25) is 0 Å². The Kier molecular flexibility index (Phi) is 6.28. The molecule has 4 N–H and O–H groups in total. The first kappa shape index (κ1) is 22.2. The molecular weight excluding hydrogens is 434 g/mol. The number of hydrogen-bond donors (Lipinski definition) is 3. The summed E-state index contributed by atoms with van der Waals surface area (Å²) in [6.07, 6.45) is 0. The van der Waals surface area contributed by atoms with Gasteiger partial charge in [0.1, 0.15) is 23.1 Å². The number of nitrogen functional groups attached to an aromatic ring is 1. The van der Waals surface area contributed by atoms with Crippen LogP contribution in [0.3, 0.4) is 0 Å². The maximum atomic E-state index is 12.5. The number of nitriles is 1. The van der Waals surface area contributed by atoms with E-state index in [0.717, 1.165) is 17.2 Å². The predicted octanol–water partition coefficient (Wildman–Crippen LogP) is 4.57. The van der Waals surface area contributed by atoms with E-state index in [1.54, 1.807) is 0 Å². The van der Waals surface area contributed by atoms with E-state index >= 15 is 0 Å². The summed E-state index contributed by atoms with van der Waals surface area (Å²) in [5, 5.41) is 21.9. The van der Waals surface area contributed by atoms with Gasteiger partial charge in [-0.25, -0.2) is 4.79 Å². The number of ether oxygens (including phenoxy) is 1. The minimum atomic E-state index is -0.876. The van der Waals surface area contributed by atoms with Crippen LogP contribution in [-0.2, 0) is 9.53 Å². The van der Waals surface area contributed by atoms with Crippen molar-refractivity contribution in [3.05, 3.63) is 90.0 Å². The first-order valence-corrected chi connectivity index (χ1v) is 10.2. The van der Waals surface area contributed by atoms with E-state index in [0.29, 0.717) is 11.3 Å². The van der Waals surface area contributed by atoms with Gasteiger partial charge in [-0.1, -0.05) is 60.7 Å². The highest BCUT2D eigenvalue weighted by Gasteiger charge is 2.24. The van der Waals surface area contributed by atoms with E-state index in [1.807, 2.05) is 60.7 Å². The number of anilines is 2. The van der Waals surface area contributed by atoms with Crippen molar-refractivity contribution in [1.29, 1.82) is 5.26 Å². The van der Waals surface area contributed by atoms with E-state index < -0.39 is 18.5 Å². The Bertz CT molecular complexity index is 1390. The molecule has 0 aliphatic carbocycles. The second-order valence-electron chi connectivity index (χ2n) is 7.25. The van der Waals surface area contributed by atoms with Crippen molar-refractivity contribution in [1.82, 2.24) is 0 Å². The van der Waals surface area contributed by atoms with Gasteiger partial charge in [-0.05, 0) is 23.8 Å². The predicted molar refractivity (Wildman–Crippen MR) is 126 cm³/mol. The summed E-state index contributed by atoms with van der Waals surface area (Å²) in [7, 11) is 0. The Labute approximate surface area is 194 Å². The normalized spacial score (nSPS) is 10.3. The fraction of sp³-hybridized carbons (Fsp3) is 0.0385. The summed E-state index contributed by atoms with van der Waals surface area (Å²) in [4.78, 5) is 24.8. The Morgan fingerprint density at radius 2 is 1.65 bits per heavy atom. The number of amides is 1. The third-order valence-electron chi connectivity index (χ3n) is 4.96. The second kappa shape index (κ2) is 9.63. The molecule has 1 amide bonds. The van der Waals surface area contributed by atoms with Crippen molar-refractivity contribution in [2.75, 3.05) is 17.7 Å². The van der Waals surface area contributed by atoms with Crippen molar-refractivity contribution in [3.8, 4) is 34.3 Å². The number of carbonyl (C=O) groups is 2. The number of phenolic OH excluding ortho intramolecular Hbond substituents is 1. The van der Waals surface area contributed by atoms with E-state index in [2.05, 4.69) is 11.4 Å². The topological polar surface area (TPSA) is 139 Å². The van der Waals surface area contributed by atoms with Gasteiger partial charge in [-0.2, -0.15) is 5.26 Å². The van der Waals surface area contributed by atoms with Crippen LogP contribution >= 0.6 is 0 Å². The third kappa shape index (κ3) is 4.59. The zero-order valence-electron chi connectivity index (χ0n) is 17.8. The van der Waals surface area contributed by atoms with E-state index in [4.69, 9.17) is 14.9 Å². The lowest BCUT2D eigenvalue weighted by Crippen LogP contribution is -2.21.